The molecule has 1 atom stereocenters. The van der Waals surface area contributed by atoms with Crippen LogP contribution in [0.5, 0.6) is 0 Å². The van der Waals surface area contributed by atoms with E-state index >= 15 is 0 Å². The summed E-state index contributed by atoms with van der Waals surface area (Å²) in [6.45, 7) is 7.28. The number of guanidine groups is 1. The third kappa shape index (κ3) is 7.53. The molecule has 6 nitrogen and oxygen atoms in total. The largest absolute Gasteiger partial charge is 0.378 e. The second-order valence-electron chi connectivity index (χ2n) is 7.69. The smallest absolute Gasteiger partial charge is 0.191 e. The maximum absolute atomic E-state index is 4.51. The Morgan fingerprint density at radius 1 is 1.21 bits per heavy atom. The molecule has 0 radical (unpaired) electrons. The van der Waals surface area contributed by atoms with Crippen LogP contribution < -0.4 is 15.5 Å². The molecule has 1 unspecified atom stereocenters. The second kappa shape index (κ2) is 12.0. The standard InChI is InChI=1S/C22H36N6.HI/c1-16(15-21-17(2)26-28(7)18(21)3)25-22(23-4)24-14-8-9-19-10-12-20(13-11-19)27(5)6;/h10-13,16H,8-9,14-15H2,1-7H3,(H2,23,24,25);1H. The highest BCUT2D eigenvalue weighted by atomic mass is 127. The second-order valence-corrected chi connectivity index (χ2v) is 7.69. The normalized spacial score (nSPS) is 12.3. The highest BCUT2D eigenvalue weighted by Gasteiger charge is 2.13. The molecule has 1 aromatic carbocycles. The molecule has 0 aliphatic heterocycles. The van der Waals surface area contributed by atoms with Gasteiger partial charge in [-0.1, -0.05) is 12.1 Å². The number of hydrogen-bond donors (Lipinski definition) is 2. The van der Waals surface area contributed by atoms with Gasteiger partial charge >= 0.3 is 0 Å². The zero-order valence-electron chi connectivity index (χ0n) is 18.9. The van der Waals surface area contributed by atoms with E-state index in [0.717, 1.165) is 37.5 Å². The first kappa shape index (κ1) is 25.3. The zero-order chi connectivity index (χ0) is 20.7. The molecule has 0 aliphatic carbocycles. The molecule has 0 aliphatic rings. The van der Waals surface area contributed by atoms with Crippen molar-refractivity contribution in [3.05, 3.63) is 46.8 Å². The van der Waals surface area contributed by atoms with Crippen LogP contribution >= 0.6 is 24.0 Å². The number of nitrogens with zero attached hydrogens (tertiary/aromatic N) is 4. The van der Waals surface area contributed by atoms with E-state index in [2.05, 4.69) is 84.8 Å². The number of anilines is 1. The summed E-state index contributed by atoms with van der Waals surface area (Å²) in [6, 6.07) is 9.05. The maximum Gasteiger partial charge on any atom is 0.191 e. The summed E-state index contributed by atoms with van der Waals surface area (Å²) >= 11 is 0. The van der Waals surface area contributed by atoms with Crippen LogP contribution in [0.4, 0.5) is 5.69 Å². The number of hydrogen-bond acceptors (Lipinski definition) is 3. The summed E-state index contributed by atoms with van der Waals surface area (Å²) in [5.74, 6) is 0.856. The Bertz CT molecular complexity index is 779. The molecule has 1 aromatic heterocycles. The Hall–Kier alpha value is -1.77. The van der Waals surface area contributed by atoms with E-state index in [1.165, 1.54) is 22.5 Å². The van der Waals surface area contributed by atoms with E-state index < -0.39 is 0 Å². The Morgan fingerprint density at radius 2 is 1.86 bits per heavy atom. The molecule has 0 saturated carbocycles. The molecule has 0 saturated heterocycles. The van der Waals surface area contributed by atoms with Gasteiger partial charge in [0.1, 0.15) is 0 Å². The molecule has 0 amide bonds. The Labute approximate surface area is 193 Å². The van der Waals surface area contributed by atoms with Crippen molar-refractivity contribution in [2.75, 3.05) is 32.6 Å². The number of aliphatic imine (C=N–C) groups is 1. The van der Waals surface area contributed by atoms with Crippen LogP contribution in [0.2, 0.25) is 0 Å². The highest BCUT2D eigenvalue weighted by Crippen LogP contribution is 2.14. The number of nitrogens with one attached hydrogen (secondary N) is 2. The lowest BCUT2D eigenvalue weighted by Gasteiger charge is -2.18. The molecule has 7 heteroatoms. The van der Waals surface area contributed by atoms with E-state index in [-0.39, 0.29) is 30.0 Å². The molecule has 0 bridgehead atoms. The number of halogens is 1. The first-order valence-electron chi connectivity index (χ1n) is 10.0. The van der Waals surface area contributed by atoms with Crippen LogP contribution in [0.25, 0.3) is 0 Å². The van der Waals surface area contributed by atoms with Crippen molar-refractivity contribution in [2.45, 2.75) is 46.1 Å². The van der Waals surface area contributed by atoms with Crippen LogP contribution in [0.15, 0.2) is 29.3 Å². The average Bonchev–Trinajstić information content (AvgIpc) is 2.90. The molecule has 2 aromatic rings. The molecular weight excluding hydrogens is 475 g/mol. The van der Waals surface area contributed by atoms with Crippen molar-refractivity contribution in [2.24, 2.45) is 12.0 Å². The lowest BCUT2D eigenvalue weighted by atomic mass is 10.1. The highest BCUT2D eigenvalue weighted by molar-refractivity contribution is 14.0. The number of aryl methyl sites for hydroxylation is 3. The molecule has 2 rings (SSSR count). The van der Waals surface area contributed by atoms with E-state index in [9.17, 15) is 0 Å². The third-order valence-electron chi connectivity index (χ3n) is 5.16. The fourth-order valence-corrected chi connectivity index (χ4v) is 3.36. The topological polar surface area (TPSA) is 57.5 Å². The summed E-state index contributed by atoms with van der Waals surface area (Å²) in [7, 11) is 7.95. The van der Waals surface area contributed by atoms with Gasteiger partial charge in [-0.15, -0.1) is 24.0 Å². The van der Waals surface area contributed by atoms with Crippen molar-refractivity contribution in [3.63, 3.8) is 0 Å². The van der Waals surface area contributed by atoms with Crippen molar-refractivity contribution < 1.29 is 0 Å². The summed E-state index contributed by atoms with van der Waals surface area (Å²) in [5.41, 5.74) is 6.26. The lowest BCUT2D eigenvalue weighted by Crippen LogP contribution is -2.43. The Morgan fingerprint density at radius 3 is 2.38 bits per heavy atom. The lowest BCUT2D eigenvalue weighted by molar-refractivity contribution is 0.631. The predicted octanol–water partition coefficient (Wildman–Crippen LogP) is 3.45. The van der Waals surface area contributed by atoms with Crippen LogP contribution in [0.1, 0.15) is 35.9 Å². The first-order chi connectivity index (χ1) is 13.3. The summed E-state index contributed by atoms with van der Waals surface area (Å²) in [6.07, 6.45) is 3.06. The van der Waals surface area contributed by atoms with Gasteiger partial charge in [0.25, 0.3) is 0 Å². The molecule has 162 valence electrons. The molecular formula is C22H37IN6. The van der Waals surface area contributed by atoms with Crippen molar-refractivity contribution in [1.82, 2.24) is 20.4 Å². The van der Waals surface area contributed by atoms with Crippen LogP contribution in [0, 0.1) is 13.8 Å². The summed E-state index contributed by atoms with van der Waals surface area (Å²) in [5, 5.41) is 11.4. The van der Waals surface area contributed by atoms with Crippen molar-refractivity contribution >= 4 is 35.6 Å². The summed E-state index contributed by atoms with van der Waals surface area (Å²) < 4.78 is 1.95. The predicted molar refractivity (Wildman–Crippen MR) is 135 cm³/mol. The van der Waals surface area contributed by atoms with Gasteiger partial charge in [0.15, 0.2) is 5.96 Å². The monoisotopic (exact) mass is 512 g/mol. The van der Waals surface area contributed by atoms with E-state index in [1.807, 2.05) is 18.8 Å². The fourth-order valence-electron chi connectivity index (χ4n) is 3.36. The first-order valence-corrected chi connectivity index (χ1v) is 10.0. The average molecular weight is 512 g/mol. The molecule has 29 heavy (non-hydrogen) atoms. The minimum Gasteiger partial charge on any atom is -0.378 e. The molecule has 0 spiro atoms. The minimum absolute atomic E-state index is 0. The molecule has 2 N–H and O–H groups in total. The molecule has 0 fully saturated rings. The third-order valence-corrected chi connectivity index (χ3v) is 5.16. The number of aromatic nitrogens is 2. The van der Waals surface area contributed by atoms with Gasteiger partial charge in [0.2, 0.25) is 0 Å². The number of benzene rings is 1. The van der Waals surface area contributed by atoms with Crippen molar-refractivity contribution in [3.8, 4) is 0 Å². The minimum atomic E-state index is 0. The van der Waals surface area contributed by atoms with Gasteiger partial charge in [-0.25, -0.2) is 0 Å². The van der Waals surface area contributed by atoms with Crippen LogP contribution in [-0.4, -0.2) is 49.5 Å². The van der Waals surface area contributed by atoms with E-state index in [1.54, 1.807) is 0 Å². The van der Waals surface area contributed by atoms with Gasteiger partial charge < -0.3 is 15.5 Å². The number of rotatable bonds is 8. The van der Waals surface area contributed by atoms with Crippen LogP contribution in [0.3, 0.4) is 0 Å². The van der Waals surface area contributed by atoms with E-state index in [4.69, 9.17) is 0 Å². The Balaban J connectivity index is 0.00000420. The quantitative estimate of drug-likeness (QED) is 0.246. The zero-order valence-corrected chi connectivity index (χ0v) is 21.2. The Kier molecular flexibility index (Phi) is 10.5. The van der Waals surface area contributed by atoms with Gasteiger partial charge in [-0.2, -0.15) is 5.10 Å². The summed E-state index contributed by atoms with van der Waals surface area (Å²) in [4.78, 5) is 6.49. The van der Waals surface area contributed by atoms with Crippen LogP contribution in [-0.2, 0) is 19.9 Å². The van der Waals surface area contributed by atoms with Gasteiger partial charge in [0.05, 0.1) is 5.69 Å². The van der Waals surface area contributed by atoms with Gasteiger partial charge in [-0.3, -0.25) is 9.67 Å². The van der Waals surface area contributed by atoms with Crippen molar-refractivity contribution in [1.29, 1.82) is 0 Å². The maximum atomic E-state index is 4.51. The van der Waals surface area contributed by atoms with Gasteiger partial charge in [0, 0.05) is 52.2 Å². The van der Waals surface area contributed by atoms with E-state index in [0.29, 0.717) is 0 Å². The molecule has 1 heterocycles. The van der Waals surface area contributed by atoms with Gasteiger partial charge in [-0.05, 0) is 63.3 Å². The fraction of sp³-hybridized carbons (Fsp3) is 0.545. The SMILES string of the molecule is CN=C(NCCCc1ccc(N(C)C)cc1)NC(C)Cc1c(C)nn(C)c1C.I.